The van der Waals surface area contributed by atoms with Gasteiger partial charge in [-0.1, -0.05) is 47.2 Å². The molecule has 8 heteroatoms. The van der Waals surface area contributed by atoms with Crippen molar-refractivity contribution in [2.45, 2.75) is 20.8 Å². The Kier molecular flexibility index (Phi) is 5.34. The molecular formula is C17H16Cl2N2O2S2. The first-order valence-electron chi connectivity index (χ1n) is 7.78. The third-order valence-electron chi connectivity index (χ3n) is 4.03. The molecule has 0 aromatic heterocycles. The molecule has 25 heavy (non-hydrogen) atoms. The molecule has 0 radical (unpaired) electrons. The predicted octanol–water partition coefficient (Wildman–Crippen LogP) is 5.13. The topological polar surface area (TPSA) is 32.8 Å². The number of hydrogen-bond acceptors (Lipinski definition) is 5. The minimum atomic E-state index is -0.0789. The Labute approximate surface area is 166 Å². The summed E-state index contributed by atoms with van der Waals surface area (Å²) in [5, 5.41) is 1.09. The van der Waals surface area contributed by atoms with Gasteiger partial charge in [0, 0.05) is 24.2 Å². The molecule has 0 aliphatic carbocycles. The number of rotatable bonds is 3. The van der Waals surface area contributed by atoms with Gasteiger partial charge in [-0.3, -0.25) is 9.69 Å². The highest BCUT2D eigenvalue weighted by atomic mass is 35.5. The molecule has 2 aliphatic rings. The summed E-state index contributed by atoms with van der Waals surface area (Å²) in [6.45, 7) is 7.00. The lowest BCUT2D eigenvalue weighted by Crippen LogP contribution is -2.27. The summed E-state index contributed by atoms with van der Waals surface area (Å²) in [7, 11) is 0. The van der Waals surface area contributed by atoms with Crippen molar-refractivity contribution in [2.24, 2.45) is 0 Å². The Balaban J connectivity index is 1.95. The number of fused-ring (bicyclic) bond motifs is 1. The molecule has 1 aromatic carbocycles. The van der Waals surface area contributed by atoms with Gasteiger partial charge in [0.05, 0.1) is 15.6 Å². The van der Waals surface area contributed by atoms with E-state index in [4.69, 9.17) is 40.2 Å². The van der Waals surface area contributed by atoms with E-state index in [2.05, 4.69) is 0 Å². The average molecular weight is 415 g/mol. The van der Waals surface area contributed by atoms with E-state index in [1.165, 1.54) is 11.8 Å². The fourth-order valence-corrected chi connectivity index (χ4v) is 4.45. The molecule has 1 amide bonds. The Bertz CT molecular complexity index is 836. The van der Waals surface area contributed by atoms with E-state index >= 15 is 0 Å². The van der Waals surface area contributed by atoms with Crippen LogP contribution in [0.4, 0.5) is 5.69 Å². The smallest absolute Gasteiger partial charge is 0.266 e. The highest BCUT2D eigenvalue weighted by Crippen LogP contribution is 2.47. The summed E-state index contributed by atoms with van der Waals surface area (Å²) in [5.41, 5.74) is 1.60. The number of anilines is 1. The summed E-state index contributed by atoms with van der Waals surface area (Å²) in [4.78, 5) is 16.4. The van der Waals surface area contributed by atoms with E-state index in [9.17, 15) is 4.79 Å². The number of thioether (sulfide) groups is 1. The predicted molar refractivity (Wildman–Crippen MR) is 109 cm³/mol. The molecule has 2 aliphatic heterocycles. The highest BCUT2D eigenvalue weighted by molar-refractivity contribution is 8.26. The van der Waals surface area contributed by atoms with Crippen LogP contribution in [0.3, 0.4) is 0 Å². The van der Waals surface area contributed by atoms with Gasteiger partial charge in [-0.05, 0) is 38.5 Å². The Hall–Kier alpha value is -1.21. The van der Waals surface area contributed by atoms with Crippen molar-refractivity contribution in [3.05, 3.63) is 44.6 Å². The summed E-state index contributed by atoms with van der Waals surface area (Å²) in [6, 6.07) is 1.85. The lowest BCUT2D eigenvalue weighted by atomic mass is 10.2. The van der Waals surface area contributed by atoms with E-state index in [0.717, 1.165) is 11.3 Å². The zero-order chi connectivity index (χ0) is 18.3. The number of ether oxygens (including phenoxy) is 1. The Morgan fingerprint density at radius 3 is 2.52 bits per heavy atom. The molecule has 0 unspecified atom stereocenters. The average Bonchev–Trinajstić information content (AvgIpc) is 3.07. The number of carbonyl (C=O) groups is 1. The van der Waals surface area contributed by atoms with Crippen molar-refractivity contribution in [3.8, 4) is 5.75 Å². The maximum Gasteiger partial charge on any atom is 0.266 e. The Morgan fingerprint density at radius 2 is 1.92 bits per heavy atom. The monoisotopic (exact) mass is 414 g/mol. The van der Waals surface area contributed by atoms with Crippen LogP contribution in [0.15, 0.2) is 29.0 Å². The van der Waals surface area contributed by atoms with Gasteiger partial charge in [-0.25, -0.2) is 0 Å². The van der Waals surface area contributed by atoms with E-state index in [1.54, 1.807) is 17.1 Å². The van der Waals surface area contributed by atoms with Crippen molar-refractivity contribution in [2.75, 3.05) is 18.0 Å². The lowest BCUT2D eigenvalue weighted by Gasteiger charge is -2.15. The molecule has 1 saturated heterocycles. The van der Waals surface area contributed by atoms with Crippen molar-refractivity contribution >= 4 is 63.1 Å². The number of likely N-dealkylation sites (N-methyl/N-ethyl adjacent to an activating group) is 1. The van der Waals surface area contributed by atoms with Crippen LogP contribution < -0.4 is 9.64 Å². The number of amides is 1. The minimum absolute atomic E-state index is 0.0789. The van der Waals surface area contributed by atoms with Crippen LogP contribution in [0.2, 0.25) is 10.0 Å². The quantitative estimate of drug-likeness (QED) is 0.505. The maximum atomic E-state index is 12.3. The molecule has 3 rings (SSSR count). The van der Waals surface area contributed by atoms with E-state index in [1.807, 2.05) is 31.7 Å². The zero-order valence-electron chi connectivity index (χ0n) is 13.9. The first kappa shape index (κ1) is 18.6. The third-order valence-corrected chi connectivity index (χ3v) is 6.27. The van der Waals surface area contributed by atoms with Gasteiger partial charge >= 0.3 is 0 Å². The maximum absolute atomic E-state index is 12.3. The number of thiocarbonyl (C=S) groups is 1. The molecule has 0 bridgehead atoms. The fraction of sp³-hybridized carbons (Fsp3) is 0.294. The first-order valence-corrected chi connectivity index (χ1v) is 9.76. The number of halogens is 2. The van der Waals surface area contributed by atoms with Crippen molar-refractivity contribution in [1.82, 2.24) is 4.90 Å². The van der Waals surface area contributed by atoms with Crippen LogP contribution >= 0.6 is 47.2 Å². The number of allylic oxidation sites excluding steroid dienone is 2. The first-order chi connectivity index (χ1) is 11.9. The summed E-state index contributed by atoms with van der Waals surface area (Å²) in [5.74, 6) is 1.11. The SMILES string of the molecule is CCN1C(=O)/C(=C\C=C2\Oc3c(cc(Cl)c(C)c3Cl)N2CC)SC1=S. The highest BCUT2D eigenvalue weighted by Gasteiger charge is 2.32. The van der Waals surface area contributed by atoms with Crippen LogP contribution in [0, 0.1) is 6.92 Å². The van der Waals surface area contributed by atoms with Gasteiger partial charge in [0.25, 0.3) is 5.91 Å². The molecule has 132 valence electrons. The van der Waals surface area contributed by atoms with Crippen LogP contribution in [-0.4, -0.2) is 28.2 Å². The second-order valence-corrected chi connectivity index (χ2v) is 7.91. The summed E-state index contributed by atoms with van der Waals surface area (Å²) >= 11 is 19.1. The van der Waals surface area contributed by atoms with Crippen LogP contribution in [0.25, 0.3) is 0 Å². The van der Waals surface area contributed by atoms with E-state index in [-0.39, 0.29) is 5.91 Å². The molecule has 0 saturated carbocycles. The summed E-state index contributed by atoms with van der Waals surface area (Å²) in [6.07, 6.45) is 3.51. The van der Waals surface area contributed by atoms with Gasteiger partial charge in [0.2, 0.25) is 5.88 Å². The van der Waals surface area contributed by atoms with Gasteiger partial charge in [0.15, 0.2) is 5.75 Å². The van der Waals surface area contributed by atoms with E-state index in [0.29, 0.717) is 44.0 Å². The van der Waals surface area contributed by atoms with Gasteiger partial charge in [-0.15, -0.1) is 0 Å². The van der Waals surface area contributed by atoms with Crippen LogP contribution in [-0.2, 0) is 4.79 Å². The molecule has 2 heterocycles. The molecule has 0 atom stereocenters. The molecule has 1 aromatic rings. The van der Waals surface area contributed by atoms with Crippen molar-refractivity contribution in [1.29, 1.82) is 0 Å². The van der Waals surface area contributed by atoms with Gasteiger partial charge in [-0.2, -0.15) is 0 Å². The van der Waals surface area contributed by atoms with Gasteiger partial charge in [0.1, 0.15) is 4.32 Å². The Morgan fingerprint density at radius 1 is 1.24 bits per heavy atom. The van der Waals surface area contributed by atoms with Crippen LogP contribution in [0.1, 0.15) is 19.4 Å². The lowest BCUT2D eigenvalue weighted by molar-refractivity contribution is -0.122. The van der Waals surface area contributed by atoms with E-state index < -0.39 is 0 Å². The fourth-order valence-electron chi connectivity index (χ4n) is 2.64. The number of carbonyl (C=O) groups excluding carboxylic acids is 1. The molecule has 4 nitrogen and oxygen atoms in total. The third kappa shape index (κ3) is 3.16. The number of benzene rings is 1. The molecule has 0 spiro atoms. The number of hydrogen-bond donors (Lipinski definition) is 0. The van der Waals surface area contributed by atoms with Gasteiger partial charge < -0.3 is 9.64 Å². The molecule has 0 N–H and O–H groups in total. The van der Waals surface area contributed by atoms with Crippen molar-refractivity contribution in [3.63, 3.8) is 0 Å². The zero-order valence-corrected chi connectivity index (χ0v) is 17.1. The van der Waals surface area contributed by atoms with Crippen LogP contribution in [0.5, 0.6) is 5.75 Å². The second-order valence-electron chi connectivity index (χ2n) is 5.45. The second kappa shape index (κ2) is 7.19. The minimum Gasteiger partial charge on any atom is -0.437 e. The largest absolute Gasteiger partial charge is 0.437 e. The standard InChI is InChI=1S/C17H16Cl2N2O2S2/c1-4-20-11-8-10(18)9(3)14(19)15(11)23-13(20)7-6-12-16(22)21(5-2)17(24)25-12/h6-8H,4-5H2,1-3H3/b12-6+,13-7+. The molecular weight excluding hydrogens is 399 g/mol. The van der Waals surface area contributed by atoms with Crippen molar-refractivity contribution < 1.29 is 9.53 Å². The molecule has 1 fully saturated rings. The normalized spacial score (nSPS) is 20.0. The summed E-state index contributed by atoms with van der Waals surface area (Å²) < 4.78 is 6.51. The number of nitrogens with zero attached hydrogens (tertiary/aromatic N) is 2.